The number of para-hydroxylation sites is 1. The molecular formula is C28H23N3O3. The molecule has 6 heteroatoms. The summed E-state index contributed by atoms with van der Waals surface area (Å²) in [5.41, 5.74) is 10.1. The highest BCUT2D eigenvalue weighted by atomic mass is 16.5. The first-order valence-corrected chi connectivity index (χ1v) is 10.9. The number of hydrogen-bond acceptors (Lipinski definition) is 6. The third-order valence-corrected chi connectivity index (χ3v) is 5.78. The molecular weight excluding hydrogens is 426 g/mol. The second kappa shape index (κ2) is 8.84. The summed E-state index contributed by atoms with van der Waals surface area (Å²) < 4.78 is 6.04. The fourth-order valence-corrected chi connectivity index (χ4v) is 4.16. The summed E-state index contributed by atoms with van der Waals surface area (Å²) in [4.78, 5) is 27.0. The van der Waals surface area contributed by atoms with E-state index in [2.05, 4.69) is 10.6 Å². The number of anilines is 3. The topological polar surface area (TPSA) is 93.4 Å². The number of nitrogens with one attached hydrogen (secondary N) is 2. The lowest BCUT2D eigenvalue weighted by Crippen LogP contribution is -2.24. The van der Waals surface area contributed by atoms with Crippen molar-refractivity contribution in [2.75, 3.05) is 18.1 Å². The maximum atomic E-state index is 13.5. The van der Waals surface area contributed by atoms with Gasteiger partial charge in [-0.05, 0) is 36.9 Å². The van der Waals surface area contributed by atoms with Crippen LogP contribution in [0, 0.1) is 0 Å². The highest BCUT2D eigenvalue weighted by molar-refractivity contribution is 6.32. The number of carbonyl (C=O) groups excluding carboxylic acids is 2. The van der Waals surface area contributed by atoms with Crippen LogP contribution in [-0.2, 0) is 6.54 Å². The molecule has 1 aliphatic carbocycles. The summed E-state index contributed by atoms with van der Waals surface area (Å²) in [5.74, 6) is 0.331. The number of ether oxygens (including phenoxy) is 1. The van der Waals surface area contributed by atoms with Crippen molar-refractivity contribution in [2.45, 2.75) is 6.54 Å². The van der Waals surface area contributed by atoms with Crippen molar-refractivity contribution >= 4 is 28.6 Å². The smallest absolute Gasteiger partial charge is 0.196 e. The highest BCUT2D eigenvalue weighted by Gasteiger charge is 2.35. The van der Waals surface area contributed by atoms with Gasteiger partial charge in [-0.3, -0.25) is 9.59 Å². The first-order valence-electron chi connectivity index (χ1n) is 10.9. The Labute approximate surface area is 197 Å². The molecule has 4 aromatic carbocycles. The van der Waals surface area contributed by atoms with Crippen molar-refractivity contribution in [2.24, 2.45) is 0 Å². The summed E-state index contributed by atoms with van der Waals surface area (Å²) in [6.07, 6.45) is 0. The average Bonchev–Trinajstić information content (AvgIpc) is 2.86. The van der Waals surface area contributed by atoms with Gasteiger partial charge in [-0.25, -0.2) is 0 Å². The van der Waals surface area contributed by atoms with Crippen LogP contribution in [0.4, 0.5) is 17.1 Å². The van der Waals surface area contributed by atoms with Crippen molar-refractivity contribution in [3.05, 3.63) is 113 Å². The number of ketones is 2. The molecule has 168 valence electrons. The molecule has 0 fully saturated rings. The molecule has 0 bridgehead atoms. The van der Waals surface area contributed by atoms with Crippen LogP contribution in [0.5, 0.6) is 11.5 Å². The number of benzene rings is 4. The third kappa shape index (κ3) is 3.80. The third-order valence-electron chi connectivity index (χ3n) is 5.78. The zero-order chi connectivity index (χ0) is 23.7. The van der Waals surface area contributed by atoms with E-state index in [1.165, 1.54) is 0 Å². The van der Waals surface area contributed by atoms with Crippen molar-refractivity contribution in [1.29, 1.82) is 0 Å². The summed E-state index contributed by atoms with van der Waals surface area (Å²) in [6, 6.07) is 25.5. The Balaban J connectivity index is 1.65. The zero-order valence-corrected chi connectivity index (χ0v) is 18.6. The van der Waals surface area contributed by atoms with E-state index in [-0.39, 0.29) is 28.4 Å². The largest absolute Gasteiger partial charge is 0.455 e. The van der Waals surface area contributed by atoms with Crippen molar-refractivity contribution < 1.29 is 14.3 Å². The maximum absolute atomic E-state index is 13.5. The SMILES string of the molecule is CNCc1ccc(Nc2cc(Oc3ccccc3)c(N)c3c2C(=O)c2ccccc2C3=O)cc1. The van der Waals surface area contributed by atoms with Crippen LogP contribution >= 0.6 is 0 Å². The minimum atomic E-state index is -0.298. The molecule has 4 N–H and O–H groups in total. The van der Waals surface area contributed by atoms with E-state index in [1.807, 2.05) is 49.5 Å². The van der Waals surface area contributed by atoms with Gasteiger partial charge in [0.15, 0.2) is 17.3 Å². The quantitative estimate of drug-likeness (QED) is 0.305. The summed E-state index contributed by atoms with van der Waals surface area (Å²) >= 11 is 0. The minimum absolute atomic E-state index is 0.140. The predicted octanol–water partition coefficient (Wildman–Crippen LogP) is 5.30. The molecule has 0 aliphatic heterocycles. The summed E-state index contributed by atoms with van der Waals surface area (Å²) in [7, 11) is 1.89. The van der Waals surface area contributed by atoms with Gasteiger partial charge in [-0.1, -0.05) is 54.6 Å². The average molecular weight is 450 g/mol. The van der Waals surface area contributed by atoms with Gasteiger partial charge in [0.1, 0.15) is 5.75 Å². The maximum Gasteiger partial charge on any atom is 0.196 e. The molecule has 4 aromatic rings. The van der Waals surface area contributed by atoms with Gasteiger partial charge in [-0.15, -0.1) is 0 Å². The van der Waals surface area contributed by atoms with E-state index in [9.17, 15) is 9.59 Å². The highest BCUT2D eigenvalue weighted by Crippen LogP contribution is 2.42. The van der Waals surface area contributed by atoms with E-state index >= 15 is 0 Å². The summed E-state index contributed by atoms with van der Waals surface area (Å²) in [5, 5.41) is 6.43. The molecule has 0 radical (unpaired) electrons. The number of nitrogen functional groups attached to an aromatic ring is 1. The molecule has 0 saturated heterocycles. The molecule has 34 heavy (non-hydrogen) atoms. The van der Waals surface area contributed by atoms with Crippen LogP contribution in [0.1, 0.15) is 37.4 Å². The first-order chi connectivity index (χ1) is 16.6. The van der Waals surface area contributed by atoms with E-state index in [1.54, 1.807) is 42.5 Å². The predicted molar refractivity (Wildman–Crippen MR) is 133 cm³/mol. The van der Waals surface area contributed by atoms with Crippen LogP contribution in [-0.4, -0.2) is 18.6 Å². The van der Waals surface area contributed by atoms with Gasteiger partial charge in [0.25, 0.3) is 0 Å². The van der Waals surface area contributed by atoms with Crippen LogP contribution < -0.4 is 21.1 Å². The van der Waals surface area contributed by atoms with Gasteiger partial charge in [0, 0.05) is 29.4 Å². The lowest BCUT2D eigenvalue weighted by atomic mass is 9.82. The Hall–Kier alpha value is -4.42. The van der Waals surface area contributed by atoms with Crippen LogP contribution in [0.2, 0.25) is 0 Å². The fourth-order valence-electron chi connectivity index (χ4n) is 4.16. The Bertz CT molecular complexity index is 1400. The second-order valence-corrected chi connectivity index (χ2v) is 8.06. The molecule has 0 spiro atoms. The Morgan fingerprint density at radius 3 is 2.06 bits per heavy atom. The molecule has 6 nitrogen and oxygen atoms in total. The monoisotopic (exact) mass is 449 g/mol. The van der Waals surface area contributed by atoms with E-state index < -0.39 is 0 Å². The number of fused-ring (bicyclic) bond motifs is 2. The zero-order valence-electron chi connectivity index (χ0n) is 18.6. The molecule has 0 saturated carbocycles. The Morgan fingerprint density at radius 2 is 1.41 bits per heavy atom. The lowest BCUT2D eigenvalue weighted by Gasteiger charge is -2.24. The second-order valence-electron chi connectivity index (χ2n) is 8.06. The first kappa shape index (κ1) is 21.4. The molecule has 0 unspecified atom stereocenters. The van der Waals surface area contributed by atoms with Crippen LogP contribution in [0.15, 0.2) is 84.9 Å². The molecule has 1 aliphatic rings. The molecule has 0 aromatic heterocycles. The van der Waals surface area contributed by atoms with Crippen molar-refractivity contribution in [1.82, 2.24) is 5.32 Å². The summed E-state index contributed by atoms with van der Waals surface area (Å²) in [6.45, 7) is 0.746. The molecule has 0 amide bonds. The van der Waals surface area contributed by atoms with Gasteiger partial charge in [0.05, 0.1) is 22.5 Å². The lowest BCUT2D eigenvalue weighted by molar-refractivity contribution is 0.0980. The van der Waals surface area contributed by atoms with Crippen LogP contribution in [0.25, 0.3) is 0 Å². The number of carbonyl (C=O) groups is 2. The van der Waals surface area contributed by atoms with Gasteiger partial charge in [-0.2, -0.15) is 0 Å². The standard InChI is InChI=1S/C28H23N3O3/c1-30-16-17-11-13-18(14-12-17)31-22-15-23(34-19-7-3-2-4-8-19)26(29)25-24(22)27(32)20-9-5-6-10-21(20)28(25)33/h2-15,30-31H,16,29H2,1H3. The van der Waals surface area contributed by atoms with Gasteiger partial charge in [0.2, 0.25) is 0 Å². The van der Waals surface area contributed by atoms with Gasteiger partial charge < -0.3 is 21.1 Å². The van der Waals surface area contributed by atoms with Gasteiger partial charge >= 0.3 is 0 Å². The van der Waals surface area contributed by atoms with E-state index in [0.29, 0.717) is 28.3 Å². The molecule has 0 atom stereocenters. The normalized spacial score (nSPS) is 12.1. The molecule has 0 heterocycles. The number of rotatable bonds is 6. The Morgan fingerprint density at radius 1 is 0.794 bits per heavy atom. The molecule has 5 rings (SSSR count). The van der Waals surface area contributed by atoms with Crippen molar-refractivity contribution in [3.8, 4) is 11.5 Å². The Kier molecular flexibility index (Phi) is 5.57. The van der Waals surface area contributed by atoms with Crippen LogP contribution in [0.3, 0.4) is 0 Å². The van der Waals surface area contributed by atoms with Crippen molar-refractivity contribution in [3.63, 3.8) is 0 Å². The minimum Gasteiger partial charge on any atom is -0.455 e. The number of nitrogens with two attached hydrogens (primary N) is 1. The van der Waals surface area contributed by atoms with E-state index in [4.69, 9.17) is 10.5 Å². The van der Waals surface area contributed by atoms with E-state index in [0.717, 1.165) is 17.8 Å². The fraction of sp³-hybridized carbons (Fsp3) is 0.0714. The number of hydrogen-bond donors (Lipinski definition) is 3.